The molecule has 0 spiro atoms. The van der Waals surface area contributed by atoms with E-state index in [-0.39, 0.29) is 5.56 Å². The standard InChI is InChI=1S/C21H30N4OS/c1-15(2)14-25-21(26)20(24-12-10-23(4)11-13-24)16(3)19(22-25)17-6-8-18(27-5)9-7-17/h6-9,15H,10-14H2,1-5H3. The summed E-state index contributed by atoms with van der Waals surface area (Å²) in [4.78, 5) is 19.0. The quantitative estimate of drug-likeness (QED) is 0.737. The topological polar surface area (TPSA) is 41.4 Å². The van der Waals surface area contributed by atoms with Crippen LogP contribution in [0.3, 0.4) is 0 Å². The number of aromatic nitrogens is 2. The van der Waals surface area contributed by atoms with Crippen molar-refractivity contribution < 1.29 is 0 Å². The first kappa shape index (κ1) is 20.0. The summed E-state index contributed by atoms with van der Waals surface area (Å²) < 4.78 is 1.67. The molecule has 2 aromatic rings. The van der Waals surface area contributed by atoms with Crippen LogP contribution in [0.25, 0.3) is 11.3 Å². The summed E-state index contributed by atoms with van der Waals surface area (Å²) in [7, 11) is 2.13. The van der Waals surface area contributed by atoms with Crippen molar-refractivity contribution in [3.63, 3.8) is 0 Å². The van der Waals surface area contributed by atoms with E-state index in [1.807, 2.05) is 6.92 Å². The molecule has 1 aliphatic rings. The Kier molecular flexibility index (Phi) is 6.27. The highest BCUT2D eigenvalue weighted by atomic mass is 32.2. The van der Waals surface area contributed by atoms with Gasteiger partial charge in [0.05, 0.1) is 5.69 Å². The molecule has 1 aromatic carbocycles. The molecular formula is C21H30N4OS. The summed E-state index contributed by atoms with van der Waals surface area (Å²) in [5.74, 6) is 0.366. The van der Waals surface area contributed by atoms with Crippen molar-refractivity contribution in [2.24, 2.45) is 5.92 Å². The van der Waals surface area contributed by atoms with Gasteiger partial charge in [-0.2, -0.15) is 5.10 Å². The molecule has 0 atom stereocenters. The number of hydrogen-bond donors (Lipinski definition) is 0. The predicted octanol–water partition coefficient (Wildman–Crippen LogP) is 3.35. The highest BCUT2D eigenvalue weighted by Gasteiger charge is 2.23. The summed E-state index contributed by atoms with van der Waals surface area (Å²) in [5.41, 5.74) is 3.83. The third kappa shape index (κ3) is 4.38. The second kappa shape index (κ2) is 8.48. The maximum atomic E-state index is 13.2. The van der Waals surface area contributed by atoms with Crippen molar-refractivity contribution in [1.82, 2.24) is 14.7 Å². The molecule has 1 saturated heterocycles. The SMILES string of the molecule is CSc1ccc(-c2nn(CC(C)C)c(=O)c(N3CCN(C)CC3)c2C)cc1. The van der Waals surface area contributed by atoms with E-state index in [2.05, 4.69) is 61.2 Å². The van der Waals surface area contributed by atoms with E-state index in [4.69, 9.17) is 5.10 Å². The first-order valence-corrected chi connectivity index (χ1v) is 10.8. The van der Waals surface area contributed by atoms with E-state index in [0.29, 0.717) is 12.5 Å². The third-order valence-corrected chi connectivity index (χ3v) is 5.83. The lowest BCUT2D eigenvalue weighted by Crippen LogP contribution is -2.47. The summed E-state index contributed by atoms with van der Waals surface area (Å²) in [5, 5.41) is 4.77. The number of nitrogens with zero attached hydrogens (tertiary/aromatic N) is 4. The molecule has 0 saturated carbocycles. The molecule has 1 aliphatic heterocycles. The van der Waals surface area contributed by atoms with E-state index >= 15 is 0 Å². The molecule has 0 aliphatic carbocycles. The van der Waals surface area contributed by atoms with E-state index in [1.54, 1.807) is 16.4 Å². The zero-order valence-electron chi connectivity index (χ0n) is 17.0. The van der Waals surface area contributed by atoms with Gasteiger partial charge < -0.3 is 9.80 Å². The van der Waals surface area contributed by atoms with Crippen LogP contribution in [-0.4, -0.2) is 54.2 Å². The zero-order chi connectivity index (χ0) is 19.6. The second-order valence-corrected chi connectivity index (χ2v) is 8.60. The fourth-order valence-corrected chi connectivity index (χ4v) is 3.94. The molecule has 6 heteroatoms. The average molecular weight is 387 g/mol. The lowest BCUT2D eigenvalue weighted by atomic mass is 10.1. The summed E-state index contributed by atoms with van der Waals surface area (Å²) in [6.45, 7) is 10.6. The molecule has 1 aromatic heterocycles. The number of rotatable bonds is 5. The maximum Gasteiger partial charge on any atom is 0.290 e. The Morgan fingerprint density at radius 2 is 1.74 bits per heavy atom. The minimum Gasteiger partial charge on any atom is -0.364 e. The first-order chi connectivity index (χ1) is 12.9. The van der Waals surface area contributed by atoms with Gasteiger partial charge in [0, 0.05) is 48.7 Å². The van der Waals surface area contributed by atoms with Crippen LogP contribution < -0.4 is 10.5 Å². The molecule has 0 bridgehead atoms. The lowest BCUT2D eigenvalue weighted by Gasteiger charge is -2.34. The van der Waals surface area contributed by atoms with Gasteiger partial charge in [0.25, 0.3) is 5.56 Å². The van der Waals surface area contributed by atoms with Crippen molar-refractivity contribution >= 4 is 17.4 Å². The Balaban J connectivity index is 2.11. The minimum atomic E-state index is 0.0373. The van der Waals surface area contributed by atoms with E-state index in [9.17, 15) is 4.79 Å². The van der Waals surface area contributed by atoms with E-state index < -0.39 is 0 Å². The molecule has 1 fully saturated rings. The normalized spacial score (nSPS) is 15.6. The van der Waals surface area contributed by atoms with Crippen molar-refractivity contribution in [3.05, 3.63) is 40.2 Å². The third-order valence-electron chi connectivity index (χ3n) is 5.09. The van der Waals surface area contributed by atoms with Crippen LogP contribution in [0.15, 0.2) is 34.0 Å². The predicted molar refractivity (Wildman–Crippen MR) is 115 cm³/mol. The van der Waals surface area contributed by atoms with E-state index in [0.717, 1.165) is 48.7 Å². The van der Waals surface area contributed by atoms with Crippen molar-refractivity contribution in [3.8, 4) is 11.3 Å². The molecule has 146 valence electrons. The number of hydrogen-bond acceptors (Lipinski definition) is 5. The van der Waals surface area contributed by atoms with Crippen molar-refractivity contribution in [2.45, 2.75) is 32.2 Å². The smallest absolute Gasteiger partial charge is 0.290 e. The van der Waals surface area contributed by atoms with Gasteiger partial charge in [-0.3, -0.25) is 4.79 Å². The van der Waals surface area contributed by atoms with Gasteiger partial charge in [-0.1, -0.05) is 26.0 Å². The Bertz CT molecular complexity index is 836. The fraction of sp³-hybridized carbons (Fsp3) is 0.524. The molecule has 5 nitrogen and oxygen atoms in total. The van der Waals surface area contributed by atoms with Gasteiger partial charge in [-0.25, -0.2) is 4.68 Å². The number of piperazine rings is 1. The van der Waals surface area contributed by atoms with E-state index in [1.165, 1.54) is 4.90 Å². The lowest BCUT2D eigenvalue weighted by molar-refractivity contribution is 0.312. The summed E-state index contributed by atoms with van der Waals surface area (Å²) in [6.07, 6.45) is 2.08. The highest BCUT2D eigenvalue weighted by Crippen LogP contribution is 2.28. The number of likely N-dealkylation sites (N-methyl/N-ethyl adjacent to an activating group) is 1. The maximum absolute atomic E-state index is 13.2. The molecular weight excluding hydrogens is 356 g/mol. The molecule has 2 heterocycles. The number of anilines is 1. The van der Waals surface area contributed by atoms with Crippen molar-refractivity contribution in [2.75, 3.05) is 44.4 Å². The second-order valence-electron chi connectivity index (χ2n) is 7.72. The molecule has 27 heavy (non-hydrogen) atoms. The van der Waals surface area contributed by atoms with Crippen LogP contribution in [-0.2, 0) is 6.54 Å². The van der Waals surface area contributed by atoms with Crippen LogP contribution in [0.1, 0.15) is 19.4 Å². The van der Waals surface area contributed by atoms with Crippen LogP contribution in [0.5, 0.6) is 0 Å². The van der Waals surface area contributed by atoms with Gasteiger partial charge in [0.1, 0.15) is 5.69 Å². The minimum absolute atomic E-state index is 0.0373. The Morgan fingerprint density at radius 3 is 2.30 bits per heavy atom. The number of benzene rings is 1. The molecule has 0 N–H and O–H groups in total. The van der Waals surface area contributed by atoms with Gasteiger partial charge in [0.2, 0.25) is 0 Å². The Morgan fingerprint density at radius 1 is 1.11 bits per heavy atom. The highest BCUT2D eigenvalue weighted by molar-refractivity contribution is 7.98. The average Bonchev–Trinajstić information content (AvgIpc) is 2.65. The Labute approximate surface area is 166 Å². The monoisotopic (exact) mass is 386 g/mol. The van der Waals surface area contributed by atoms with Gasteiger partial charge in [-0.05, 0) is 38.3 Å². The van der Waals surface area contributed by atoms with Crippen LogP contribution in [0.4, 0.5) is 5.69 Å². The molecule has 3 rings (SSSR count). The summed E-state index contributed by atoms with van der Waals surface area (Å²) in [6, 6.07) is 8.46. The molecule has 0 unspecified atom stereocenters. The van der Waals surface area contributed by atoms with Crippen LogP contribution in [0.2, 0.25) is 0 Å². The molecule has 0 radical (unpaired) electrons. The van der Waals surface area contributed by atoms with Gasteiger partial charge in [-0.15, -0.1) is 11.8 Å². The summed E-state index contributed by atoms with van der Waals surface area (Å²) >= 11 is 1.73. The van der Waals surface area contributed by atoms with Crippen LogP contribution in [0, 0.1) is 12.8 Å². The zero-order valence-corrected chi connectivity index (χ0v) is 17.8. The van der Waals surface area contributed by atoms with Gasteiger partial charge >= 0.3 is 0 Å². The fourth-order valence-electron chi connectivity index (χ4n) is 3.53. The number of thioether (sulfide) groups is 1. The largest absolute Gasteiger partial charge is 0.364 e. The van der Waals surface area contributed by atoms with Crippen LogP contribution >= 0.6 is 11.8 Å². The first-order valence-electron chi connectivity index (χ1n) is 9.60. The van der Waals surface area contributed by atoms with Gasteiger partial charge in [0.15, 0.2) is 0 Å². The van der Waals surface area contributed by atoms with Crippen molar-refractivity contribution in [1.29, 1.82) is 0 Å². The molecule has 0 amide bonds. The Hall–Kier alpha value is -1.79.